The van der Waals surface area contributed by atoms with Crippen LogP contribution in [-0.2, 0) is 0 Å². The monoisotopic (exact) mass is 152 g/mol. The van der Waals surface area contributed by atoms with Crippen molar-refractivity contribution in [3.8, 4) is 0 Å². The molecule has 0 aromatic carbocycles. The smallest absolute Gasteiger partial charge is 0.0174 e. The standard InChI is InChI=1S/C11H20/c1-4-6-7-8-10-9-11(10,3)5-2/h7-8,10H,4-6,9H2,1-3H3. The summed E-state index contributed by atoms with van der Waals surface area (Å²) in [6.07, 6.45) is 10.1. The Morgan fingerprint density at radius 2 is 2.18 bits per heavy atom. The maximum Gasteiger partial charge on any atom is -0.0174 e. The highest BCUT2D eigenvalue weighted by atomic mass is 14.5. The normalized spacial score (nSPS) is 36.5. The van der Waals surface area contributed by atoms with Crippen LogP contribution in [0.4, 0.5) is 0 Å². The van der Waals surface area contributed by atoms with E-state index in [9.17, 15) is 0 Å². The fourth-order valence-electron chi connectivity index (χ4n) is 1.58. The van der Waals surface area contributed by atoms with Crippen molar-refractivity contribution in [1.29, 1.82) is 0 Å². The molecule has 2 atom stereocenters. The minimum Gasteiger partial charge on any atom is -0.0882 e. The lowest BCUT2D eigenvalue weighted by atomic mass is 10.0. The van der Waals surface area contributed by atoms with E-state index in [1.165, 1.54) is 25.7 Å². The van der Waals surface area contributed by atoms with Gasteiger partial charge in [0, 0.05) is 0 Å². The van der Waals surface area contributed by atoms with Crippen LogP contribution in [-0.4, -0.2) is 0 Å². The Labute approximate surface area is 70.7 Å². The Morgan fingerprint density at radius 3 is 2.64 bits per heavy atom. The molecule has 0 nitrogen and oxygen atoms in total. The average molecular weight is 152 g/mol. The molecule has 64 valence electrons. The summed E-state index contributed by atoms with van der Waals surface area (Å²) in [7, 11) is 0. The van der Waals surface area contributed by atoms with Gasteiger partial charge in [-0.25, -0.2) is 0 Å². The molecule has 0 aliphatic heterocycles. The zero-order valence-corrected chi connectivity index (χ0v) is 8.06. The molecule has 0 spiro atoms. The topological polar surface area (TPSA) is 0 Å². The highest BCUT2D eigenvalue weighted by molar-refractivity contribution is 5.09. The lowest BCUT2D eigenvalue weighted by molar-refractivity contribution is 0.518. The molecule has 11 heavy (non-hydrogen) atoms. The van der Waals surface area contributed by atoms with Gasteiger partial charge < -0.3 is 0 Å². The fraction of sp³-hybridized carbons (Fsp3) is 0.818. The predicted octanol–water partition coefficient (Wildman–Crippen LogP) is 3.78. The molecular formula is C11H20. The number of rotatable bonds is 4. The summed E-state index contributed by atoms with van der Waals surface area (Å²) >= 11 is 0. The lowest BCUT2D eigenvalue weighted by Gasteiger charge is -2.02. The third kappa shape index (κ3) is 2.08. The minimum absolute atomic E-state index is 0.671. The van der Waals surface area contributed by atoms with Gasteiger partial charge in [-0.05, 0) is 24.2 Å². The van der Waals surface area contributed by atoms with Crippen LogP contribution < -0.4 is 0 Å². The van der Waals surface area contributed by atoms with Crippen molar-refractivity contribution in [2.24, 2.45) is 11.3 Å². The van der Waals surface area contributed by atoms with Crippen molar-refractivity contribution in [2.75, 3.05) is 0 Å². The molecule has 0 aromatic rings. The highest BCUT2D eigenvalue weighted by Crippen LogP contribution is 2.55. The lowest BCUT2D eigenvalue weighted by Crippen LogP contribution is -1.92. The third-order valence-corrected chi connectivity index (χ3v) is 3.05. The summed E-state index contributed by atoms with van der Waals surface area (Å²) in [5.74, 6) is 0.902. The van der Waals surface area contributed by atoms with E-state index in [1.807, 2.05) is 0 Å². The molecule has 0 N–H and O–H groups in total. The second-order valence-corrected chi connectivity index (χ2v) is 4.04. The average Bonchev–Trinajstić information content (AvgIpc) is 2.64. The molecule has 0 heteroatoms. The van der Waals surface area contributed by atoms with Crippen molar-refractivity contribution in [3.05, 3.63) is 12.2 Å². The maximum absolute atomic E-state index is 2.42. The molecule has 0 aromatic heterocycles. The number of hydrogen-bond acceptors (Lipinski definition) is 0. The van der Waals surface area contributed by atoms with E-state index < -0.39 is 0 Å². The van der Waals surface area contributed by atoms with Crippen LogP contribution in [0.25, 0.3) is 0 Å². The summed E-state index contributed by atoms with van der Waals surface area (Å²) in [6.45, 7) is 6.93. The van der Waals surface area contributed by atoms with Crippen LogP contribution in [0, 0.1) is 11.3 Å². The molecule has 0 bridgehead atoms. The van der Waals surface area contributed by atoms with Gasteiger partial charge in [-0.15, -0.1) is 0 Å². The van der Waals surface area contributed by atoms with Crippen molar-refractivity contribution < 1.29 is 0 Å². The maximum atomic E-state index is 2.42. The largest absolute Gasteiger partial charge is 0.0882 e. The SMILES string of the molecule is CCCC=CC1CC1(C)CC. The number of hydrogen-bond donors (Lipinski definition) is 0. The summed E-state index contributed by atoms with van der Waals surface area (Å²) in [4.78, 5) is 0. The van der Waals surface area contributed by atoms with Crippen LogP contribution in [0.1, 0.15) is 46.5 Å². The first-order valence-electron chi connectivity index (χ1n) is 4.89. The van der Waals surface area contributed by atoms with Gasteiger partial charge >= 0.3 is 0 Å². The van der Waals surface area contributed by atoms with E-state index in [1.54, 1.807) is 0 Å². The molecule has 1 rings (SSSR count). The van der Waals surface area contributed by atoms with Gasteiger partial charge in [-0.2, -0.15) is 0 Å². The zero-order chi connectivity index (χ0) is 8.32. The summed E-state index contributed by atoms with van der Waals surface area (Å²) < 4.78 is 0. The van der Waals surface area contributed by atoms with Gasteiger partial charge in [0.1, 0.15) is 0 Å². The molecule has 2 unspecified atom stereocenters. The summed E-state index contributed by atoms with van der Waals surface area (Å²) in [6, 6.07) is 0. The van der Waals surface area contributed by atoms with E-state index in [4.69, 9.17) is 0 Å². The van der Waals surface area contributed by atoms with Crippen molar-refractivity contribution in [3.63, 3.8) is 0 Å². The van der Waals surface area contributed by atoms with Crippen molar-refractivity contribution in [2.45, 2.75) is 46.5 Å². The van der Waals surface area contributed by atoms with Crippen LogP contribution in [0.15, 0.2) is 12.2 Å². The minimum atomic E-state index is 0.671. The summed E-state index contributed by atoms with van der Waals surface area (Å²) in [5.41, 5.74) is 0.671. The molecule has 0 heterocycles. The zero-order valence-electron chi connectivity index (χ0n) is 8.06. The first-order valence-corrected chi connectivity index (χ1v) is 4.89. The molecule has 1 saturated carbocycles. The predicted molar refractivity (Wildman–Crippen MR) is 50.6 cm³/mol. The van der Waals surface area contributed by atoms with Gasteiger partial charge in [0.2, 0.25) is 0 Å². The Kier molecular flexibility index (Phi) is 2.75. The van der Waals surface area contributed by atoms with E-state index in [-0.39, 0.29) is 0 Å². The van der Waals surface area contributed by atoms with Gasteiger partial charge in [0.25, 0.3) is 0 Å². The Balaban J connectivity index is 2.22. The molecule has 0 saturated heterocycles. The first kappa shape index (κ1) is 8.83. The Bertz CT molecular complexity index is 146. The molecular weight excluding hydrogens is 132 g/mol. The summed E-state index contributed by atoms with van der Waals surface area (Å²) in [5, 5.41) is 0. The Morgan fingerprint density at radius 1 is 1.45 bits per heavy atom. The number of allylic oxidation sites excluding steroid dienone is 2. The van der Waals surface area contributed by atoms with Gasteiger partial charge in [-0.1, -0.05) is 45.8 Å². The Hall–Kier alpha value is -0.260. The van der Waals surface area contributed by atoms with Gasteiger partial charge in [0.15, 0.2) is 0 Å². The molecule has 1 aliphatic carbocycles. The van der Waals surface area contributed by atoms with Crippen molar-refractivity contribution in [1.82, 2.24) is 0 Å². The quantitative estimate of drug-likeness (QED) is 0.538. The highest BCUT2D eigenvalue weighted by Gasteiger charge is 2.45. The van der Waals surface area contributed by atoms with Crippen LogP contribution in [0.2, 0.25) is 0 Å². The van der Waals surface area contributed by atoms with Crippen molar-refractivity contribution >= 4 is 0 Å². The van der Waals surface area contributed by atoms with Crippen LogP contribution in [0.3, 0.4) is 0 Å². The van der Waals surface area contributed by atoms with E-state index in [0.29, 0.717) is 5.41 Å². The van der Waals surface area contributed by atoms with E-state index in [2.05, 4.69) is 32.9 Å². The van der Waals surface area contributed by atoms with E-state index >= 15 is 0 Å². The molecule has 1 fully saturated rings. The second-order valence-electron chi connectivity index (χ2n) is 4.04. The second kappa shape index (κ2) is 3.42. The fourth-order valence-corrected chi connectivity index (χ4v) is 1.58. The first-order chi connectivity index (χ1) is 5.23. The number of unbranched alkanes of at least 4 members (excludes halogenated alkanes) is 1. The third-order valence-electron chi connectivity index (χ3n) is 3.05. The van der Waals surface area contributed by atoms with Crippen LogP contribution >= 0.6 is 0 Å². The van der Waals surface area contributed by atoms with Gasteiger partial charge in [-0.3, -0.25) is 0 Å². The van der Waals surface area contributed by atoms with Crippen LogP contribution in [0.5, 0.6) is 0 Å². The molecule has 1 aliphatic rings. The molecule has 0 amide bonds. The van der Waals surface area contributed by atoms with E-state index in [0.717, 1.165) is 5.92 Å². The molecule has 0 radical (unpaired) electrons. The van der Waals surface area contributed by atoms with Gasteiger partial charge in [0.05, 0.1) is 0 Å².